The van der Waals surface area contributed by atoms with Crippen molar-refractivity contribution in [1.82, 2.24) is 19.6 Å². The maximum absolute atomic E-state index is 13.3. The van der Waals surface area contributed by atoms with Gasteiger partial charge in [0, 0.05) is 50.2 Å². The first-order valence-corrected chi connectivity index (χ1v) is 12.1. The molecule has 1 aromatic heterocycles. The molecule has 0 bridgehead atoms. The van der Waals surface area contributed by atoms with Crippen LogP contribution in [-0.4, -0.2) is 74.3 Å². The minimum atomic E-state index is -0.515. The Morgan fingerprint density at radius 1 is 0.971 bits per heavy atom. The summed E-state index contributed by atoms with van der Waals surface area (Å²) in [7, 11) is 2.12. The molecule has 1 saturated heterocycles. The number of hydrogen-bond donors (Lipinski definition) is 1. The molecule has 0 unspecified atom stereocenters. The SMILES string of the molecule is CC1=NN(C(C)(C)C)C(=O)/C1=C1/C(=O)C(c2c(C)c(C)n(CCN(C)N3CCCC3)c2C)=C1O. The van der Waals surface area contributed by atoms with Gasteiger partial charge in [0.25, 0.3) is 5.91 Å². The van der Waals surface area contributed by atoms with E-state index in [1.165, 1.54) is 17.9 Å². The third kappa shape index (κ3) is 3.73. The van der Waals surface area contributed by atoms with Crippen LogP contribution in [0, 0.1) is 20.8 Å². The summed E-state index contributed by atoms with van der Waals surface area (Å²) in [6.45, 7) is 17.3. The lowest BCUT2D eigenvalue weighted by Crippen LogP contribution is -2.40. The first-order valence-electron chi connectivity index (χ1n) is 12.1. The summed E-state index contributed by atoms with van der Waals surface area (Å²) in [5.41, 5.74) is 4.36. The quantitative estimate of drug-likeness (QED) is 0.670. The van der Waals surface area contributed by atoms with E-state index in [2.05, 4.69) is 33.7 Å². The van der Waals surface area contributed by atoms with Crippen molar-refractivity contribution in [2.45, 2.75) is 73.4 Å². The Morgan fingerprint density at radius 2 is 1.59 bits per heavy atom. The van der Waals surface area contributed by atoms with Gasteiger partial charge in [-0.2, -0.15) is 5.10 Å². The highest BCUT2D eigenvalue weighted by atomic mass is 16.3. The standard InChI is InChI=1S/C26H37N5O3/c1-15-17(3)30(14-13-28(8)29-11-9-10-12-29)18(4)19(15)21-23(32)22(24(21)33)20-16(2)27-31(25(20)34)26(5,6)7/h32H,9-14H2,1-8H3/b22-20+. The van der Waals surface area contributed by atoms with E-state index in [0.29, 0.717) is 11.3 Å². The van der Waals surface area contributed by atoms with E-state index in [-0.39, 0.29) is 28.6 Å². The van der Waals surface area contributed by atoms with Crippen LogP contribution in [-0.2, 0) is 16.1 Å². The number of hydrazone groups is 1. The lowest BCUT2D eigenvalue weighted by atomic mass is 9.78. The molecule has 0 saturated carbocycles. The lowest BCUT2D eigenvalue weighted by molar-refractivity contribution is -0.130. The molecule has 8 nitrogen and oxygen atoms in total. The van der Waals surface area contributed by atoms with Crippen molar-refractivity contribution < 1.29 is 14.7 Å². The van der Waals surface area contributed by atoms with Gasteiger partial charge in [0.15, 0.2) is 0 Å². The van der Waals surface area contributed by atoms with E-state index in [1.807, 2.05) is 34.6 Å². The van der Waals surface area contributed by atoms with Crippen LogP contribution < -0.4 is 0 Å². The topological polar surface area (TPSA) is 81.4 Å². The minimum absolute atomic E-state index is 0.0889. The van der Waals surface area contributed by atoms with Gasteiger partial charge in [-0.05, 0) is 66.9 Å². The molecule has 1 N–H and O–H groups in total. The van der Waals surface area contributed by atoms with Crippen molar-refractivity contribution in [3.05, 3.63) is 39.4 Å². The smallest absolute Gasteiger partial charge is 0.277 e. The number of carbonyl (C=O) groups is 2. The maximum atomic E-state index is 13.3. The molecule has 0 aromatic carbocycles. The Hall–Kier alpha value is -2.71. The molecule has 3 aliphatic rings. The van der Waals surface area contributed by atoms with E-state index < -0.39 is 5.54 Å². The van der Waals surface area contributed by atoms with Gasteiger partial charge >= 0.3 is 0 Å². The molecule has 34 heavy (non-hydrogen) atoms. The highest BCUT2D eigenvalue weighted by molar-refractivity contribution is 6.44. The molecule has 184 valence electrons. The lowest BCUT2D eigenvalue weighted by Gasteiger charge is -2.29. The number of aliphatic hydroxyl groups excluding tert-OH is 1. The second-order valence-electron chi connectivity index (χ2n) is 10.6. The number of hydrazine groups is 1. The van der Waals surface area contributed by atoms with Gasteiger partial charge in [-0.15, -0.1) is 0 Å². The summed E-state index contributed by atoms with van der Waals surface area (Å²) in [6.07, 6.45) is 2.48. The fraction of sp³-hybridized carbons (Fsp3) is 0.577. The van der Waals surface area contributed by atoms with Crippen LogP contribution in [0.4, 0.5) is 0 Å². The summed E-state index contributed by atoms with van der Waals surface area (Å²) in [4.78, 5) is 26.4. The average Bonchev–Trinajstić information content (AvgIpc) is 3.45. The average molecular weight is 468 g/mol. The highest BCUT2D eigenvalue weighted by Gasteiger charge is 2.45. The van der Waals surface area contributed by atoms with Crippen LogP contribution in [0.2, 0.25) is 0 Å². The van der Waals surface area contributed by atoms with E-state index in [4.69, 9.17) is 0 Å². The van der Waals surface area contributed by atoms with E-state index in [1.54, 1.807) is 6.92 Å². The van der Waals surface area contributed by atoms with Crippen LogP contribution in [0.3, 0.4) is 0 Å². The van der Waals surface area contributed by atoms with Gasteiger partial charge in [-0.3, -0.25) is 9.59 Å². The number of rotatable bonds is 5. The number of aliphatic hydroxyl groups is 1. The number of amides is 1. The van der Waals surface area contributed by atoms with Crippen molar-refractivity contribution in [3.8, 4) is 0 Å². The molecule has 1 fully saturated rings. The minimum Gasteiger partial charge on any atom is -0.506 e. The molecule has 1 aliphatic carbocycles. The highest BCUT2D eigenvalue weighted by Crippen LogP contribution is 2.43. The Kier molecular flexibility index (Phi) is 6.10. The fourth-order valence-corrected chi connectivity index (χ4v) is 5.29. The van der Waals surface area contributed by atoms with Gasteiger partial charge in [0.1, 0.15) is 5.76 Å². The summed E-state index contributed by atoms with van der Waals surface area (Å²) in [5, 5.41) is 21.5. The number of carbonyl (C=O) groups excluding carboxylic acids is 2. The maximum Gasteiger partial charge on any atom is 0.277 e. The van der Waals surface area contributed by atoms with Crippen LogP contribution in [0.1, 0.15) is 63.1 Å². The molecule has 0 radical (unpaired) electrons. The number of Topliss-reactive ketones (excluding diaryl/α,β-unsaturated/α-hetero) is 1. The van der Waals surface area contributed by atoms with Crippen LogP contribution in [0.5, 0.6) is 0 Å². The second kappa shape index (κ2) is 8.50. The molecule has 4 rings (SSSR count). The molecule has 0 atom stereocenters. The number of allylic oxidation sites excluding steroid dienone is 2. The van der Waals surface area contributed by atoms with Crippen molar-refractivity contribution in [2.75, 3.05) is 26.7 Å². The molecule has 0 spiro atoms. The van der Waals surface area contributed by atoms with E-state index in [9.17, 15) is 14.7 Å². The monoisotopic (exact) mass is 467 g/mol. The van der Waals surface area contributed by atoms with Crippen molar-refractivity contribution >= 4 is 23.0 Å². The summed E-state index contributed by atoms with van der Waals surface area (Å²) >= 11 is 0. The number of likely N-dealkylation sites (N-methyl/N-ethyl adjacent to an activating group) is 1. The van der Waals surface area contributed by atoms with Crippen LogP contribution >= 0.6 is 0 Å². The van der Waals surface area contributed by atoms with Crippen molar-refractivity contribution in [2.24, 2.45) is 5.10 Å². The Bertz CT molecular complexity index is 1160. The Balaban J connectivity index is 1.66. The number of hydrogen-bond acceptors (Lipinski definition) is 6. The second-order valence-corrected chi connectivity index (χ2v) is 10.6. The molecule has 3 heterocycles. The number of aromatic nitrogens is 1. The fourth-order valence-electron chi connectivity index (χ4n) is 5.29. The first-order chi connectivity index (χ1) is 15.9. The van der Waals surface area contributed by atoms with Gasteiger partial charge in [-0.1, -0.05) is 0 Å². The van der Waals surface area contributed by atoms with Gasteiger partial charge in [0.2, 0.25) is 5.78 Å². The molecule has 1 aromatic rings. The largest absolute Gasteiger partial charge is 0.506 e. The normalized spacial score (nSPS) is 21.9. The first kappa shape index (κ1) is 24.4. The predicted octanol–water partition coefficient (Wildman–Crippen LogP) is 3.52. The van der Waals surface area contributed by atoms with E-state index in [0.717, 1.165) is 48.7 Å². The number of ketones is 1. The molecule has 2 aliphatic heterocycles. The van der Waals surface area contributed by atoms with Crippen molar-refractivity contribution in [3.63, 3.8) is 0 Å². The van der Waals surface area contributed by atoms with Crippen LogP contribution in [0.15, 0.2) is 22.0 Å². The zero-order chi connectivity index (χ0) is 25.1. The molecule has 8 heteroatoms. The van der Waals surface area contributed by atoms with Crippen molar-refractivity contribution in [1.29, 1.82) is 0 Å². The Morgan fingerprint density at radius 3 is 2.12 bits per heavy atom. The van der Waals surface area contributed by atoms with E-state index >= 15 is 0 Å². The van der Waals surface area contributed by atoms with Gasteiger partial charge < -0.3 is 9.67 Å². The summed E-state index contributed by atoms with van der Waals surface area (Å²) in [5.74, 6) is -0.731. The molecular formula is C26H37N5O3. The zero-order valence-corrected chi connectivity index (χ0v) is 21.7. The third-order valence-corrected chi connectivity index (χ3v) is 7.38. The predicted molar refractivity (Wildman–Crippen MR) is 133 cm³/mol. The van der Waals surface area contributed by atoms with Gasteiger partial charge in [0.05, 0.1) is 28.0 Å². The zero-order valence-electron chi connectivity index (χ0n) is 21.7. The van der Waals surface area contributed by atoms with Crippen LogP contribution in [0.25, 0.3) is 5.57 Å². The summed E-state index contributed by atoms with van der Waals surface area (Å²) < 4.78 is 2.23. The molecular weight excluding hydrogens is 430 g/mol. The van der Waals surface area contributed by atoms with Gasteiger partial charge in [-0.25, -0.2) is 15.0 Å². The molecule has 1 amide bonds. The third-order valence-electron chi connectivity index (χ3n) is 7.38. The summed E-state index contributed by atoms with van der Waals surface area (Å²) in [6, 6.07) is 0. The Labute approximate surface area is 202 Å². The number of nitrogens with zero attached hydrogens (tertiary/aromatic N) is 5.